The van der Waals surface area contributed by atoms with Gasteiger partial charge in [-0.05, 0) is 38.3 Å². The Morgan fingerprint density at radius 1 is 1.32 bits per heavy atom. The zero-order valence-corrected chi connectivity index (χ0v) is 12.2. The van der Waals surface area contributed by atoms with E-state index in [0.717, 1.165) is 16.7 Å². The van der Waals surface area contributed by atoms with Crippen molar-refractivity contribution in [3.63, 3.8) is 0 Å². The van der Waals surface area contributed by atoms with Gasteiger partial charge in [0.25, 0.3) is 5.91 Å². The van der Waals surface area contributed by atoms with Crippen molar-refractivity contribution in [3.8, 4) is 0 Å². The van der Waals surface area contributed by atoms with Crippen LogP contribution in [0.3, 0.4) is 0 Å². The number of amides is 1. The van der Waals surface area contributed by atoms with Crippen molar-refractivity contribution in [2.45, 2.75) is 33.2 Å². The number of carbonyl (C=O) groups is 1. The van der Waals surface area contributed by atoms with E-state index >= 15 is 0 Å². The van der Waals surface area contributed by atoms with Crippen LogP contribution in [0.1, 0.15) is 33.5 Å². The number of carbonyl (C=O) groups excluding carboxylic acids is 1. The number of benzene rings is 1. The van der Waals surface area contributed by atoms with Crippen LogP contribution in [0.5, 0.6) is 0 Å². The Balaban J connectivity index is 2.59. The number of hydrogen-bond acceptors (Lipinski definition) is 3. The molecule has 0 aliphatic carbocycles. The smallest absolute Gasteiger partial charge is 0.251 e. The molecule has 0 saturated heterocycles. The molecule has 3 N–H and O–H groups in total. The number of aryl methyl sites for hydroxylation is 3. The van der Waals surface area contributed by atoms with Crippen LogP contribution in [-0.4, -0.2) is 32.2 Å². The number of nitrogens with one attached hydrogen (secondary N) is 1. The van der Waals surface area contributed by atoms with Crippen molar-refractivity contribution in [2.24, 2.45) is 5.73 Å². The first-order chi connectivity index (χ1) is 8.95. The molecule has 4 heteroatoms. The topological polar surface area (TPSA) is 64.3 Å². The molecule has 1 rings (SSSR count). The van der Waals surface area contributed by atoms with Gasteiger partial charge in [0.15, 0.2) is 0 Å². The van der Waals surface area contributed by atoms with Crippen LogP contribution >= 0.6 is 0 Å². The first-order valence-electron chi connectivity index (χ1n) is 6.56. The second-order valence-corrected chi connectivity index (χ2v) is 5.03. The monoisotopic (exact) mass is 264 g/mol. The maximum absolute atomic E-state index is 12.2. The van der Waals surface area contributed by atoms with Gasteiger partial charge in [0, 0.05) is 25.3 Å². The highest BCUT2D eigenvalue weighted by Crippen LogP contribution is 2.16. The summed E-state index contributed by atoms with van der Waals surface area (Å²) in [5.41, 5.74) is 9.78. The highest BCUT2D eigenvalue weighted by Gasteiger charge is 2.12. The van der Waals surface area contributed by atoms with Gasteiger partial charge in [-0.1, -0.05) is 17.7 Å². The normalized spacial score (nSPS) is 12.3. The molecule has 4 nitrogen and oxygen atoms in total. The third-order valence-electron chi connectivity index (χ3n) is 3.09. The van der Waals surface area contributed by atoms with E-state index in [9.17, 15) is 4.79 Å². The van der Waals surface area contributed by atoms with Crippen molar-refractivity contribution >= 4 is 5.91 Å². The van der Waals surface area contributed by atoms with Crippen LogP contribution < -0.4 is 11.1 Å². The van der Waals surface area contributed by atoms with Gasteiger partial charge in [-0.2, -0.15) is 0 Å². The van der Waals surface area contributed by atoms with Gasteiger partial charge in [-0.15, -0.1) is 0 Å². The van der Waals surface area contributed by atoms with Crippen molar-refractivity contribution in [2.75, 3.05) is 20.3 Å². The molecule has 1 amide bonds. The molecule has 1 aromatic rings. The third-order valence-corrected chi connectivity index (χ3v) is 3.09. The summed E-state index contributed by atoms with van der Waals surface area (Å²) >= 11 is 0. The molecule has 1 aromatic carbocycles. The van der Waals surface area contributed by atoms with Crippen molar-refractivity contribution in [1.29, 1.82) is 0 Å². The molecule has 106 valence electrons. The molecule has 1 unspecified atom stereocenters. The molecule has 19 heavy (non-hydrogen) atoms. The predicted octanol–water partition coefficient (Wildman–Crippen LogP) is 1.71. The number of rotatable bonds is 6. The van der Waals surface area contributed by atoms with Crippen molar-refractivity contribution < 1.29 is 9.53 Å². The van der Waals surface area contributed by atoms with E-state index in [-0.39, 0.29) is 11.9 Å². The first kappa shape index (κ1) is 15.7. The number of nitrogens with two attached hydrogens (primary N) is 1. The Bertz CT molecular complexity index is 421. The van der Waals surface area contributed by atoms with Crippen LogP contribution in [-0.2, 0) is 4.74 Å². The first-order valence-corrected chi connectivity index (χ1v) is 6.56. The van der Waals surface area contributed by atoms with Gasteiger partial charge in [-0.25, -0.2) is 0 Å². The number of ether oxygens (including phenoxy) is 1. The summed E-state index contributed by atoms with van der Waals surface area (Å²) in [4.78, 5) is 12.2. The molecule has 0 heterocycles. The standard InChI is InChI=1S/C15H24N2O2/c1-10-7-11(2)14(12(3)8-10)15(18)17-6-5-13(16)9-19-4/h7-8,13H,5-6,9,16H2,1-4H3,(H,17,18). The summed E-state index contributed by atoms with van der Waals surface area (Å²) in [6.07, 6.45) is 0.712. The Hall–Kier alpha value is -1.39. The molecule has 0 radical (unpaired) electrons. The maximum Gasteiger partial charge on any atom is 0.251 e. The Labute approximate surface area is 115 Å². The summed E-state index contributed by atoms with van der Waals surface area (Å²) in [6.45, 7) is 7.04. The highest BCUT2D eigenvalue weighted by molar-refractivity contribution is 5.97. The molecule has 0 saturated carbocycles. The average molecular weight is 264 g/mol. The summed E-state index contributed by atoms with van der Waals surface area (Å²) in [5.74, 6) is -0.0281. The summed E-state index contributed by atoms with van der Waals surface area (Å²) in [7, 11) is 1.62. The van der Waals surface area contributed by atoms with Crippen molar-refractivity contribution in [3.05, 3.63) is 34.4 Å². The van der Waals surface area contributed by atoms with E-state index in [2.05, 4.69) is 5.32 Å². The summed E-state index contributed by atoms with van der Waals surface area (Å²) in [5, 5.41) is 2.91. The minimum Gasteiger partial charge on any atom is -0.383 e. The zero-order valence-electron chi connectivity index (χ0n) is 12.2. The SMILES string of the molecule is COCC(N)CCNC(=O)c1c(C)cc(C)cc1C. The van der Waals surface area contributed by atoms with E-state index in [1.54, 1.807) is 7.11 Å². The molecule has 1 atom stereocenters. The zero-order chi connectivity index (χ0) is 14.4. The lowest BCUT2D eigenvalue weighted by Gasteiger charge is -2.13. The maximum atomic E-state index is 12.2. The van der Waals surface area contributed by atoms with Gasteiger partial charge in [0.2, 0.25) is 0 Å². The van der Waals surface area contributed by atoms with Crippen LogP contribution in [0.4, 0.5) is 0 Å². The predicted molar refractivity (Wildman–Crippen MR) is 77.5 cm³/mol. The molecular weight excluding hydrogens is 240 g/mol. The quantitative estimate of drug-likeness (QED) is 0.822. The second kappa shape index (κ2) is 7.26. The Morgan fingerprint density at radius 2 is 1.89 bits per heavy atom. The van der Waals surface area contributed by atoms with Gasteiger partial charge in [-0.3, -0.25) is 4.79 Å². The molecule has 0 aromatic heterocycles. The number of methoxy groups -OCH3 is 1. The van der Waals surface area contributed by atoms with Crippen LogP contribution in [0.15, 0.2) is 12.1 Å². The fourth-order valence-corrected chi connectivity index (χ4v) is 2.30. The Kier molecular flexibility index (Phi) is 5.99. The van der Waals surface area contributed by atoms with Gasteiger partial charge in [0.1, 0.15) is 0 Å². The van der Waals surface area contributed by atoms with Crippen molar-refractivity contribution in [1.82, 2.24) is 5.32 Å². The van der Waals surface area contributed by atoms with Gasteiger partial charge in [0.05, 0.1) is 6.61 Å². The lowest BCUT2D eigenvalue weighted by molar-refractivity contribution is 0.0949. The Morgan fingerprint density at radius 3 is 2.42 bits per heavy atom. The largest absolute Gasteiger partial charge is 0.383 e. The third kappa shape index (κ3) is 4.65. The van der Waals surface area contributed by atoms with Crippen LogP contribution in [0.25, 0.3) is 0 Å². The fraction of sp³-hybridized carbons (Fsp3) is 0.533. The summed E-state index contributed by atoms with van der Waals surface area (Å²) < 4.78 is 4.96. The summed E-state index contributed by atoms with van der Waals surface area (Å²) in [6, 6.07) is 4.02. The average Bonchev–Trinajstić information content (AvgIpc) is 2.27. The molecule has 0 bridgehead atoms. The minimum absolute atomic E-state index is 0.0281. The van der Waals surface area contributed by atoms with E-state index < -0.39 is 0 Å². The van der Waals surface area contributed by atoms with Gasteiger partial charge < -0.3 is 15.8 Å². The fourth-order valence-electron chi connectivity index (χ4n) is 2.30. The van der Waals surface area contributed by atoms with E-state index in [1.807, 2.05) is 32.9 Å². The van der Waals surface area contributed by atoms with Crippen LogP contribution in [0, 0.1) is 20.8 Å². The minimum atomic E-state index is -0.0366. The van der Waals surface area contributed by atoms with Gasteiger partial charge >= 0.3 is 0 Å². The van der Waals surface area contributed by atoms with E-state index in [1.165, 1.54) is 5.56 Å². The molecule has 0 fully saturated rings. The van der Waals surface area contributed by atoms with E-state index in [4.69, 9.17) is 10.5 Å². The highest BCUT2D eigenvalue weighted by atomic mass is 16.5. The molecular formula is C15H24N2O2. The van der Waals surface area contributed by atoms with Crippen LogP contribution in [0.2, 0.25) is 0 Å². The van der Waals surface area contributed by atoms with E-state index in [0.29, 0.717) is 19.6 Å². The molecule has 0 aliphatic heterocycles. The molecule has 0 spiro atoms. The molecule has 0 aliphatic rings. The lowest BCUT2D eigenvalue weighted by Crippen LogP contribution is -2.33. The lowest BCUT2D eigenvalue weighted by atomic mass is 9.99. The second-order valence-electron chi connectivity index (χ2n) is 5.03. The number of hydrogen-bond donors (Lipinski definition) is 2.